The van der Waals surface area contributed by atoms with Gasteiger partial charge >= 0.3 is 0 Å². The minimum Gasteiger partial charge on any atom is -0.493 e. The lowest BCUT2D eigenvalue weighted by Gasteiger charge is -2.15. The van der Waals surface area contributed by atoms with Gasteiger partial charge in [-0.1, -0.05) is 38.0 Å². The van der Waals surface area contributed by atoms with E-state index < -0.39 is 0 Å². The Bertz CT molecular complexity index is 315. The topological polar surface area (TPSA) is 9.23 Å². The van der Waals surface area contributed by atoms with Crippen molar-refractivity contribution in [3.63, 3.8) is 0 Å². The number of benzene rings is 1. The third-order valence-corrected chi connectivity index (χ3v) is 2.58. The van der Waals surface area contributed by atoms with Crippen LogP contribution in [0.4, 0.5) is 0 Å². The zero-order valence-corrected chi connectivity index (χ0v) is 10.4. The van der Waals surface area contributed by atoms with Crippen LogP contribution in [-0.2, 0) is 12.8 Å². The van der Waals surface area contributed by atoms with Crippen molar-refractivity contribution in [1.82, 2.24) is 0 Å². The molecule has 0 saturated heterocycles. The predicted octanol–water partition coefficient (Wildman–Crippen LogP) is 3.91. The molecule has 1 heteroatoms. The summed E-state index contributed by atoms with van der Waals surface area (Å²) in [5.41, 5.74) is 4.07. The smallest absolute Gasteiger partial charge is 0.125 e. The fraction of sp³-hybridized carbons (Fsp3) is 0.571. The summed E-state index contributed by atoms with van der Waals surface area (Å²) < 4.78 is 5.77. The van der Waals surface area contributed by atoms with Crippen LogP contribution in [-0.4, -0.2) is 6.61 Å². The summed E-state index contributed by atoms with van der Waals surface area (Å²) in [6.45, 7) is 9.37. The fourth-order valence-corrected chi connectivity index (χ4v) is 1.98. The molecule has 0 saturated carbocycles. The highest BCUT2D eigenvalue weighted by atomic mass is 16.5. The highest BCUT2D eigenvalue weighted by Gasteiger charge is 2.08. The molecule has 0 amide bonds. The van der Waals surface area contributed by atoms with E-state index in [9.17, 15) is 0 Å². The van der Waals surface area contributed by atoms with Gasteiger partial charge in [-0.2, -0.15) is 0 Å². The SMILES string of the molecule is CCCc1cc(C)cc(CC)c1OCC. The minimum atomic E-state index is 0.757. The molecule has 0 aliphatic heterocycles. The van der Waals surface area contributed by atoms with Crippen molar-refractivity contribution in [3.05, 3.63) is 28.8 Å². The molecule has 0 spiro atoms. The summed E-state index contributed by atoms with van der Waals surface area (Å²) in [5.74, 6) is 1.13. The van der Waals surface area contributed by atoms with Gasteiger partial charge in [-0.05, 0) is 37.8 Å². The third-order valence-electron chi connectivity index (χ3n) is 2.58. The van der Waals surface area contributed by atoms with Crippen molar-refractivity contribution < 1.29 is 4.74 Å². The first-order valence-corrected chi connectivity index (χ1v) is 5.98. The summed E-state index contributed by atoms with van der Waals surface area (Å²) in [5, 5.41) is 0. The highest BCUT2D eigenvalue weighted by Crippen LogP contribution is 2.27. The van der Waals surface area contributed by atoms with E-state index in [4.69, 9.17) is 4.74 Å². The molecule has 0 unspecified atom stereocenters. The summed E-state index contributed by atoms with van der Waals surface area (Å²) in [6.07, 6.45) is 3.34. The molecule has 0 aliphatic carbocycles. The predicted molar refractivity (Wildman–Crippen MR) is 65.7 cm³/mol. The molecule has 0 heterocycles. The van der Waals surface area contributed by atoms with Crippen LogP contribution in [0.25, 0.3) is 0 Å². The lowest BCUT2D eigenvalue weighted by Crippen LogP contribution is -2.01. The molecular weight excluding hydrogens is 184 g/mol. The Morgan fingerprint density at radius 1 is 1.07 bits per heavy atom. The van der Waals surface area contributed by atoms with E-state index in [1.54, 1.807) is 0 Å². The maximum Gasteiger partial charge on any atom is 0.125 e. The van der Waals surface area contributed by atoms with Crippen LogP contribution in [0.5, 0.6) is 5.75 Å². The molecule has 0 aliphatic rings. The summed E-state index contributed by atoms with van der Waals surface area (Å²) in [6, 6.07) is 4.50. The number of hydrogen-bond donors (Lipinski definition) is 0. The Morgan fingerprint density at radius 2 is 1.73 bits per heavy atom. The average molecular weight is 206 g/mol. The second kappa shape index (κ2) is 5.79. The first-order valence-electron chi connectivity index (χ1n) is 5.98. The molecule has 1 aromatic rings. The largest absolute Gasteiger partial charge is 0.493 e. The first-order chi connectivity index (χ1) is 7.22. The molecular formula is C14H22O. The monoisotopic (exact) mass is 206 g/mol. The van der Waals surface area contributed by atoms with Crippen LogP contribution in [0.2, 0.25) is 0 Å². The Balaban J connectivity index is 3.14. The van der Waals surface area contributed by atoms with Crippen molar-refractivity contribution in [2.75, 3.05) is 6.61 Å². The molecule has 1 aromatic carbocycles. The number of ether oxygens (including phenoxy) is 1. The maximum atomic E-state index is 5.77. The second-order valence-corrected chi connectivity index (χ2v) is 3.95. The Labute approximate surface area is 93.5 Å². The zero-order chi connectivity index (χ0) is 11.3. The number of hydrogen-bond acceptors (Lipinski definition) is 1. The molecule has 84 valence electrons. The van der Waals surface area contributed by atoms with Gasteiger partial charge in [0.25, 0.3) is 0 Å². The summed E-state index contributed by atoms with van der Waals surface area (Å²) in [7, 11) is 0. The minimum absolute atomic E-state index is 0.757. The van der Waals surface area contributed by atoms with Crippen molar-refractivity contribution >= 4 is 0 Å². The van der Waals surface area contributed by atoms with E-state index in [1.807, 2.05) is 0 Å². The van der Waals surface area contributed by atoms with E-state index in [1.165, 1.54) is 23.1 Å². The van der Waals surface area contributed by atoms with Gasteiger partial charge in [-0.25, -0.2) is 0 Å². The van der Waals surface area contributed by atoms with Crippen LogP contribution in [0.3, 0.4) is 0 Å². The van der Waals surface area contributed by atoms with E-state index in [0.717, 1.165) is 25.2 Å². The van der Waals surface area contributed by atoms with Gasteiger partial charge in [-0.3, -0.25) is 0 Å². The van der Waals surface area contributed by atoms with Gasteiger partial charge in [0.2, 0.25) is 0 Å². The quantitative estimate of drug-likeness (QED) is 0.709. The van der Waals surface area contributed by atoms with Gasteiger partial charge in [-0.15, -0.1) is 0 Å². The molecule has 0 aromatic heterocycles. The van der Waals surface area contributed by atoms with Crippen molar-refractivity contribution in [3.8, 4) is 5.75 Å². The fourth-order valence-electron chi connectivity index (χ4n) is 1.98. The van der Waals surface area contributed by atoms with E-state index in [2.05, 4.69) is 39.8 Å². The molecule has 0 N–H and O–H groups in total. The molecule has 0 radical (unpaired) electrons. The van der Waals surface area contributed by atoms with Crippen LogP contribution in [0.15, 0.2) is 12.1 Å². The van der Waals surface area contributed by atoms with Crippen LogP contribution >= 0.6 is 0 Å². The average Bonchev–Trinajstić information content (AvgIpc) is 2.22. The number of aryl methyl sites for hydroxylation is 3. The summed E-state index contributed by atoms with van der Waals surface area (Å²) in [4.78, 5) is 0. The van der Waals surface area contributed by atoms with Gasteiger partial charge in [0.05, 0.1) is 6.61 Å². The van der Waals surface area contributed by atoms with Gasteiger partial charge in [0, 0.05) is 0 Å². The zero-order valence-electron chi connectivity index (χ0n) is 10.4. The standard InChI is InChI=1S/C14H22O/c1-5-8-13-10-11(4)9-12(6-2)14(13)15-7-3/h9-10H,5-8H2,1-4H3. The number of rotatable bonds is 5. The lowest BCUT2D eigenvalue weighted by atomic mass is 10.00. The highest BCUT2D eigenvalue weighted by molar-refractivity contribution is 5.44. The van der Waals surface area contributed by atoms with E-state index >= 15 is 0 Å². The van der Waals surface area contributed by atoms with Crippen LogP contribution in [0, 0.1) is 6.92 Å². The molecule has 0 atom stereocenters. The maximum absolute atomic E-state index is 5.77. The molecule has 1 rings (SSSR count). The van der Waals surface area contributed by atoms with Crippen LogP contribution in [0.1, 0.15) is 43.9 Å². The molecule has 0 bridgehead atoms. The third kappa shape index (κ3) is 2.98. The van der Waals surface area contributed by atoms with Gasteiger partial charge < -0.3 is 4.74 Å². The van der Waals surface area contributed by atoms with E-state index in [-0.39, 0.29) is 0 Å². The Kier molecular flexibility index (Phi) is 4.67. The van der Waals surface area contributed by atoms with Gasteiger partial charge in [0.15, 0.2) is 0 Å². The van der Waals surface area contributed by atoms with E-state index in [0.29, 0.717) is 0 Å². The van der Waals surface area contributed by atoms with Crippen molar-refractivity contribution in [2.45, 2.75) is 47.0 Å². The van der Waals surface area contributed by atoms with Crippen molar-refractivity contribution in [2.24, 2.45) is 0 Å². The Hall–Kier alpha value is -0.980. The van der Waals surface area contributed by atoms with Crippen molar-refractivity contribution in [1.29, 1.82) is 0 Å². The second-order valence-electron chi connectivity index (χ2n) is 3.95. The molecule has 0 fully saturated rings. The first kappa shape index (κ1) is 12.1. The summed E-state index contributed by atoms with van der Waals surface area (Å²) >= 11 is 0. The van der Waals surface area contributed by atoms with Crippen LogP contribution < -0.4 is 4.74 Å². The van der Waals surface area contributed by atoms with Gasteiger partial charge in [0.1, 0.15) is 5.75 Å². The molecule has 15 heavy (non-hydrogen) atoms. The lowest BCUT2D eigenvalue weighted by molar-refractivity contribution is 0.333. The molecule has 1 nitrogen and oxygen atoms in total. The Morgan fingerprint density at radius 3 is 2.27 bits per heavy atom. The normalized spacial score (nSPS) is 10.4.